The van der Waals surface area contributed by atoms with Crippen molar-refractivity contribution in [3.63, 3.8) is 0 Å². The molecule has 150 valence electrons. The van der Waals surface area contributed by atoms with E-state index in [9.17, 15) is 14.4 Å². The Labute approximate surface area is 163 Å². The second kappa shape index (κ2) is 6.68. The van der Waals surface area contributed by atoms with Gasteiger partial charge in [0.25, 0.3) is 11.7 Å². The summed E-state index contributed by atoms with van der Waals surface area (Å²) in [6.45, 7) is 3.54. The summed E-state index contributed by atoms with van der Waals surface area (Å²) < 4.78 is 12.0. The Morgan fingerprint density at radius 2 is 1.89 bits per heavy atom. The maximum atomic E-state index is 12.2. The van der Waals surface area contributed by atoms with Gasteiger partial charge in [0.05, 0.1) is 0 Å². The number of nitrogens with one attached hydrogen (secondary N) is 2. The predicted octanol–water partition coefficient (Wildman–Crippen LogP) is 2.78. The molecule has 1 aromatic carbocycles. The number of amides is 4. The van der Waals surface area contributed by atoms with Gasteiger partial charge in [0.15, 0.2) is 11.5 Å². The lowest BCUT2D eigenvalue weighted by molar-refractivity contribution is -0.130. The monoisotopic (exact) mass is 387 g/mol. The van der Waals surface area contributed by atoms with E-state index in [1.165, 1.54) is 0 Å². The molecule has 0 radical (unpaired) electrons. The smallest absolute Gasteiger partial charge is 0.325 e. The van der Waals surface area contributed by atoms with Gasteiger partial charge in [-0.05, 0) is 45.2 Å². The number of benzene rings is 1. The molecule has 0 bridgehead atoms. The molecule has 8 heteroatoms. The summed E-state index contributed by atoms with van der Waals surface area (Å²) in [5.74, 6) is 0.388. The summed E-state index contributed by atoms with van der Waals surface area (Å²) in [4.78, 5) is 37.4. The average molecular weight is 387 g/mol. The van der Waals surface area contributed by atoms with E-state index < -0.39 is 17.4 Å². The van der Waals surface area contributed by atoms with Crippen molar-refractivity contribution < 1.29 is 23.9 Å². The molecule has 2 aliphatic heterocycles. The van der Waals surface area contributed by atoms with Crippen LogP contribution in [0.2, 0.25) is 0 Å². The largest absolute Gasteiger partial charge is 0.448 e. The van der Waals surface area contributed by atoms with Crippen molar-refractivity contribution in [1.29, 1.82) is 0 Å². The molecule has 0 atom stereocenters. The van der Waals surface area contributed by atoms with Gasteiger partial charge >= 0.3 is 6.03 Å². The van der Waals surface area contributed by atoms with Gasteiger partial charge in [-0.25, -0.2) is 4.79 Å². The Hall–Kier alpha value is -2.77. The van der Waals surface area contributed by atoms with E-state index in [0.717, 1.165) is 30.6 Å². The molecule has 2 heterocycles. The van der Waals surface area contributed by atoms with Gasteiger partial charge in [-0.2, -0.15) is 0 Å². The van der Waals surface area contributed by atoms with Gasteiger partial charge in [0, 0.05) is 37.6 Å². The quantitative estimate of drug-likeness (QED) is 0.757. The van der Waals surface area contributed by atoms with Gasteiger partial charge in [0.2, 0.25) is 5.91 Å². The standard InChI is InChI=1S/C20H25N3O5/c1-19(2)17(25)23(18(26)22-19)11-5-6-16(24)21-13-7-8-14-15(12-13)28-20(27-14)9-3-4-10-20/h7-8,12H,3-6,9-11H2,1-2H3,(H,21,24)(H,22,26). The number of hydrogen-bond donors (Lipinski definition) is 2. The number of nitrogens with zero attached hydrogens (tertiary/aromatic N) is 1. The first-order valence-electron chi connectivity index (χ1n) is 9.74. The van der Waals surface area contributed by atoms with E-state index in [2.05, 4.69) is 10.6 Å². The van der Waals surface area contributed by atoms with Gasteiger partial charge < -0.3 is 20.1 Å². The minimum Gasteiger partial charge on any atom is -0.448 e. The number of carbonyl (C=O) groups is 3. The highest BCUT2D eigenvalue weighted by molar-refractivity contribution is 6.06. The van der Waals surface area contributed by atoms with Crippen LogP contribution in [0.15, 0.2) is 18.2 Å². The van der Waals surface area contributed by atoms with Gasteiger partial charge in [0.1, 0.15) is 5.54 Å². The van der Waals surface area contributed by atoms with Crippen LogP contribution < -0.4 is 20.1 Å². The topological polar surface area (TPSA) is 97.0 Å². The lowest BCUT2D eigenvalue weighted by Gasteiger charge is -2.21. The highest BCUT2D eigenvalue weighted by Gasteiger charge is 2.44. The van der Waals surface area contributed by atoms with Crippen LogP contribution in [-0.4, -0.2) is 40.6 Å². The van der Waals surface area contributed by atoms with E-state index in [0.29, 0.717) is 23.6 Å². The maximum absolute atomic E-state index is 12.2. The highest BCUT2D eigenvalue weighted by atomic mass is 16.7. The number of rotatable bonds is 5. The third-order valence-corrected chi connectivity index (χ3v) is 5.41. The maximum Gasteiger partial charge on any atom is 0.325 e. The third-order valence-electron chi connectivity index (χ3n) is 5.41. The van der Waals surface area contributed by atoms with Crippen LogP contribution in [0.25, 0.3) is 0 Å². The first kappa shape index (κ1) is 18.6. The minimum atomic E-state index is -0.886. The lowest BCUT2D eigenvalue weighted by atomic mass is 10.1. The second-order valence-electron chi connectivity index (χ2n) is 8.15. The summed E-state index contributed by atoms with van der Waals surface area (Å²) in [5.41, 5.74) is -0.249. The summed E-state index contributed by atoms with van der Waals surface area (Å²) in [6, 6.07) is 4.97. The molecular formula is C20H25N3O5. The molecule has 1 saturated carbocycles. The normalized spacial score (nSPS) is 21.3. The van der Waals surface area contributed by atoms with Crippen LogP contribution >= 0.6 is 0 Å². The number of fused-ring (bicyclic) bond motifs is 1. The zero-order valence-corrected chi connectivity index (χ0v) is 16.2. The molecular weight excluding hydrogens is 362 g/mol. The van der Waals surface area contributed by atoms with Crippen molar-refractivity contribution in [3.05, 3.63) is 18.2 Å². The van der Waals surface area contributed by atoms with Crippen LogP contribution in [-0.2, 0) is 9.59 Å². The van der Waals surface area contributed by atoms with Crippen LogP contribution in [0, 0.1) is 0 Å². The van der Waals surface area contributed by atoms with E-state index in [4.69, 9.17) is 9.47 Å². The summed E-state index contributed by atoms with van der Waals surface area (Å²) in [7, 11) is 0. The van der Waals surface area contributed by atoms with Crippen molar-refractivity contribution in [1.82, 2.24) is 10.2 Å². The zero-order valence-electron chi connectivity index (χ0n) is 16.2. The predicted molar refractivity (Wildman–Crippen MR) is 101 cm³/mol. The van der Waals surface area contributed by atoms with Gasteiger partial charge in [-0.1, -0.05) is 0 Å². The Kier molecular flexibility index (Phi) is 4.44. The molecule has 1 aromatic rings. The van der Waals surface area contributed by atoms with Crippen molar-refractivity contribution in [3.8, 4) is 11.5 Å². The summed E-state index contributed by atoms with van der Waals surface area (Å²) in [5, 5.41) is 5.46. The fourth-order valence-corrected chi connectivity index (χ4v) is 3.93. The fraction of sp³-hybridized carbons (Fsp3) is 0.550. The number of urea groups is 1. The molecule has 1 saturated heterocycles. The first-order valence-corrected chi connectivity index (χ1v) is 9.74. The molecule has 4 rings (SSSR count). The van der Waals surface area contributed by atoms with Crippen LogP contribution in [0.3, 0.4) is 0 Å². The molecule has 28 heavy (non-hydrogen) atoms. The van der Waals surface area contributed by atoms with E-state index in [1.807, 2.05) is 6.07 Å². The Morgan fingerprint density at radius 3 is 2.57 bits per heavy atom. The van der Waals surface area contributed by atoms with E-state index >= 15 is 0 Å². The Morgan fingerprint density at radius 1 is 1.18 bits per heavy atom. The molecule has 0 aromatic heterocycles. The molecule has 8 nitrogen and oxygen atoms in total. The molecule has 2 fully saturated rings. The molecule has 0 unspecified atom stereocenters. The molecule has 4 amide bonds. The summed E-state index contributed by atoms with van der Waals surface area (Å²) in [6.07, 6.45) is 4.54. The van der Waals surface area contributed by atoms with E-state index in [-0.39, 0.29) is 24.8 Å². The van der Waals surface area contributed by atoms with Crippen LogP contribution in [0.4, 0.5) is 10.5 Å². The first-order chi connectivity index (χ1) is 13.3. The third kappa shape index (κ3) is 3.39. The number of carbonyl (C=O) groups excluding carboxylic acids is 3. The van der Waals surface area contributed by atoms with Crippen LogP contribution in [0.1, 0.15) is 52.4 Å². The molecule has 2 N–H and O–H groups in total. The Bertz CT molecular complexity index is 829. The number of imide groups is 1. The van der Waals surface area contributed by atoms with Gasteiger partial charge in [-0.3, -0.25) is 14.5 Å². The van der Waals surface area contributed by atoms with Gasteiger partial charge in [-0.15, -0.1) is 0 Å². The second-order valence-corrected chi connectivity index (χ2v) is 8.15. The van der Waals surface area contributed by atoms with Crippen molar-refractivity contribution >= 4 is 23.5 Å². The lowest BCUT2D eigenvalue weighted by Crippen LogP contribution is -2.40. The van der Waals surface area contributed by atoms with E-state index in [1.54, 1.807) is 26.0 Å². The van der Waals surface area contributed by atoms with Crippen molar-refractivity contribution in [2.45, 2.75) is 63.7 Å². The zero-order chi connectivity index (χ0) is 19.9. The van der Waals surface area contributed by atoms with Crippen LogP contribution in [0.5, 0.6) is 11.5 Å². The fourth-order valence-electron chi connectivity index (χ4n) is 3.93. The average Bonchev–Trinajstić information content (AvgIpc) is 3.27. The number of hydrogen-bond acceptors (Lipinski definition) is 5. The molecule has 1 spiro atoms. The SMILES string of the molecule is CC1(C)NC(=O)N(CCCC(=O)Nc2ccc3c(c2)OC2(CCCC2)O3)C1=O. The van der Waals surface area contributed by atoms with Crippen molar-refractivity contribution in [2.75, 3.05) is 11.9 Å². The highest BCUT2D eigenvalue weighted by Crippen LogP contribution is 2.47. The summed E-state index contributed by atoms with van der Waals surface area (Å²) >= 11 is 0. The number of anilines is 1. The Balaban J connectivity index is 1.28. The minimum absolute atomic E-state index is 0.180. The van der Waals surface area contributed by atoms with Crippen molar-refractivity contribution in [2.24, 2.45) is 0 Å². The molecule has 1 aliphatic carbocycles. The molecule has 3 aliphatic rings. The number of ether oxygens (including phenoxy) is 2.